The molecule has 0 saturated heterocycles. The standard InChI is InChI=1S/C4H2N3O2/c8-1-3-5-2-6-4(9)7-3/h2H,(H,5,6,7,9). The van der Waals surface area contributed by atoms with Crippen LogP contribution in [0.4, 0.5) is 0 Å². The Morgan fingerprint density at radius 1 is 1.67 bits per heavy atom. The monoisotopic (exact) mass is 124 g/mol. The van der Waals surface area contributed by atoms with E-state index >= 15 is 0 Å². The fourth-order valence-electron chi connectivity index (χ4n) is 0.355. The van der Waals surface area contributed by atoms with Crippen molar-refractivity contribution in [1.29, 1.82) is 0 Å². The van der Waals surface area contributed by atoms with Gasteiger partial charge < -0.3 is 0 Å². The average Bonchev–Trinajstić information content (AvgIpc) is 1.88. The summed E-state index contributed by atoms with van der Waals surface area (Å²) in [6, 6.07) is 0. The lowest BCUT2D eigenvalue weighted by Gasteiger charge is -1.80. The van der Waals surface area contributed by atoms with Gasteiger partial charge in [-0.2, -0.15) is 4.98 Å². The molecule has 0 aromatic carbocycles. The van der Waals surface area contributed by atoms with E-state index in [-0.39, 0.29) is 5.82 Å². The third kappa shape index (κ3) is 1.18. The van der Waals surface area contributed by atoms with Gasteiger partial charge >= 0.3 is 5.69 Å². The van der Waals surface area contributed by atoms with Gasteiger partial charge in [0.25, 0.3) is 6.29 Å². The lowest BCUT2D eigenvalue weighted by Crippen LogP contribution is -2.12. The minimum Gasteiger partial charge on any atom is -0.296 e. The van der Waals surface area contributed by atoms with Crippen molar-refractivity contribution in [3.8, 4) is 0 Å². The Labute approximate surface area is 49.8 Å². The highest BCUT2D eigenvalue weighted by molar-refractivity contribution is 5.68. The molecule has 1 aromatic rings. The Balaban J connectivity index is 3.23. The molecule has 1 aromatic heterocycles. The Morgan fingerprint density at radius 2 is 2.44 bits per heavy atom. The van der Waals surface area contributed by atoms with Crippen LogP contribution in [0.1, 0.15) is 5.82 Å². The molecule has 0 unspecified atom stereocenters. The maximum absolute atomic E-state index is 10.3. The van der Waals surface area contributed by atoms with Crippen molar-refractivity contribution >= 4 is 6.29 Å². The zero-order chi connectivity index (χ0) is 6.69. The van der Waals surface area contributed by atoms with E-state index in [1.807, 2.05) is 0 Å². The Morgan fingerprint density at radius 3 is 2.89 bits per heavy atom. The van der Waals surface area contributed by atoms with Crippen LogP contribution < -0.4 is 5.69 Å². The van der Waals surface area contributed by atoms with Gasteiger partial charge in [-0.25, -0.2) is 9.78 Å². The highest BCUT2D eigenvalue weighted by Crippen LogP contribution is 1.68. The fraction of sp³-hybridized carbons (Fsp3) is 0. The molecular formula is C4H2N3O2. The van der Waals surface area contributed by atoms with Crippen LogP contribution in [0, 0.1) is 0 Å². The second kappa shape index (κ2) is 2.17. The highest BCUT2D eigenvalue weighted by atomic mass is 16.1. The molecule has 1 N–H and O–H groups in total. The van der Waals surface area contributed by atoms with E-state index in [0.717, 1.165) is 6.33 Å². The number of H-pyrrole nitrogens is 1. The molecule has 0 bridgehead atoms. The summed E-state index contributed by atoms with van der Waals surface area (Å²) in [5.74, 6) is -0.223. The van der Waals surface area contributed by atoms with Gasteiger partial charge in [0.15, 0.2) is 0 Å². The van der Waals surface area contributed by atoms with E-state index in [4.69, 9.17) is 0 Å². The summed E-state index contributed by atoms with van der Waals surface area (Å²) in [5, 5.41) is 0. The van der Waals surface area contributed by atoms with Gasteiger partial charge in [-0.3, -0.25) is 9.78 Å². The minimum absolute atomic E-state index is 0.223. The molecule has 1 rings (SSSR count). The zero-order valence-corrected chi connectivity index (χ0v) is 4.29. The second-order valence-electron chi connectivity index (χ2n) is 1.25. The maximum Gasteiger partial charge on any atom is 0.348 e. The smallest absolute Gasteiger partial charge is 0.296 e. The van der Waals surface area contributed by atoms with Crippen molar-refractivity contribution in [3.63, 3.8) is 0 Å². The average molecular weight is 124 g/mol. The van der Waals surface area contributed by atoms with Gasteiger partial charge in [0.1, 0.15) is 0 Å². The molecule has 5 nitrogen and oxygen atoms in total. The highest BCUT2D eigenvalue weighted by Gasteiger charge is 1.91. The normalized spacial score (nSPS) is 8.89. The first-order valence-electron chi connectivity index (χ1n) is 2.13. The summed E-state index contributed by atoms with van der Waals surface area (Å²) >= 11 is 0. The molecule has 0 spiro atoms. The molecule has 0 aliphatic heterocycles. The predicted molar refractivity (Wildman–Crippen MR) is 27.4 cm³/mol. The summed E-state index contributed by atoms with van der Waals surface area (Å²) < 4.78 is 0. The van der Waals surface area contributed by atoms with Gasteiger partial charge in [-0.15, -0.1) is 0 Å². The van der Waals surface area contributed by atoms with Gasteiger partial charge in [0.2, 0.25) is 5.82 Å². The van der Waals surface area contributed by atoms with Crippen LogP contribution in [0.3, 0.4) is 0 Å². The number of hydrogen-bond acceptors (Lipinski definition) is 4. The molecular weight excluding hydrogens is 122 g/mol. The number of rotatable bonds is 1. The molecule has 0 aliphatic carbocycles. The van der Waals surface area contributed by atoms with E-state index in [2.05, 4.69) is 15.0 Å². The van der Waals surface area contributed by atoms with Crippen molar-refractivity contribution in [2.75, 3.05) is 0 Å². The maximum atomic E-state index is 10.3. The lowest BCUT2D eigenvalue weighted by atomic mass is 10.7. The zero-order valence-electron chi connectivity index (χ0n) is 4.29. The van der Waals surface area contributed by atoms with Gasteiger partial charge in [0, 0.05) is 0 Å². The van der Waals surface area contributed by atoms with Crippen LogP contribution in [0.5, 0.6) is 0 Å². The molecule has 1 heterocycles. The lowest BCUT2D eigenvalue weighted by molar-refractivity contribution is 0.559. The third-order valence-electron chi connectivity index (χ3n) is 0.674. The Bertz CT molecular complexity index is 267. The Hall–Kier alpha value is -1.52. The summed E-state index contributed by atoms with van der Waals surface area (Å²) in [5.41, 5.74) is -0.594. The van der Waals surface area contributed by atoms with E-state index in [9.17, 15) is 9.59 Å². The van der Waals surface area contributed by atoms with Crippen molar-refractivity contribution in [1.82, 2.24) is 15.0 Å². The topological polar surface area (TPSA) is 75.7 Å². The van der Waals surface area contributed by atoms with E-state index in [1.165, 1.54) is 6.29 Å². The van der Waals surface area contributed by atoms with Crippen LogP contribution in [0.25, 0.3) is 0 Å². The van der Waals surface area contributed by atoms with Crippen LogP contribution >= 0.6 is 0 Å². The summed E-state index contributed by atoms with van der Waals surface area (Å²) in [7, 11) is 0. The van der Waals surface area contributed by atoms with Crippen molar-refractivity contribution < 1.29 is 4.79 Å². The summed E-state index contributed by atoms with van der Waals surface area (Å²) in [6.07, 6.45) is 2.47. The number of carbonyl (C=O) groups excluding carboxylic acids is 1. The molecule has 45 valence electrons. The quantitative estimate of drug-likeness (QED) is 0.500. The molecule has 9 heavy (non-hydrogen) atoms. The van der Waals surface area contributed by atoms with Crippen LogP contribution in [-0.2, 0) is 4.79 Å². The number of aromatic nitrogens is 3. The SMILES string of the molecule is O=[C]c1nc[nH]c(=O)n1. The van der Waals surface area contributed by atoms with Crippen molar-refractivity contribution in [3.05, 3.63) is 22.6 Å². The van der Waals surface area contributed by atoms with E-state index in [0.29, 0.717) is 0 Å². The first-order valence-corrected chi connectivity index (χ1v) is 2.13. The molecule has 0 saturated carbocycles. The van der Waals surface area contributed by atoms with Gasteiger partial charge in [-0.05, 0) is 0 Å². The first kappa shape index (κ1) is 5.61. The van der Waals surface area contributed by atoms with E-state index < -0.39 is 5.69 Å². The van der Waals surface area contributed by atoms with Crippen molar-refractivity contribution in [2.45, 2.75) is 0 Å². The predicted octanol–water partition coefficient (Wildman–Crippen LogP) is -1.38. The molecule has 0 fully saturated rings. The van der Waals surface area contributed by atoms with Gasteiger partial charge in [0.05, 0.1) is 6.33 Å². The van der Waals surface area contributed by atoms with Gasteiger partial charge in [-0.1, -0.05) is 0 Å². The van der Waals surface area contributed by atoms with E-state index in [1.54, 1.807) is 0 Å². The largest absolute Gasteiger partial charge is 0.348 e. The molecule has 0 atom stereocenters. The number of nitrogens with zero attached hydrogens (tertiary/aromatic N) is 2. The first-order chi connectivity index (χ1) is 4.33. The minimum atomic E-state index is -0.594. The third-order valence-corrected chi connectivity index (χ3v) is 0.674. The molecule has 0 aliphatic rings. The second-order valence-corrected chi connectivity index (χ2v) is 1.25. The fourth-order valence-corrected chi connectivity index (χ4v) is 0.355. The number of hydrogen-bond donors (Lipinski definition) is 1. The number of nitrogens with one attached hydrogen (secondary N) is 1. The number of aromatic amines is 1. The van der Waals surface area contributed by atoms with Crippen LogP contribution in [0.2, 0.25) is 0 Å². The summed E-state index contributed by atoms with van der Waals surface area (Å²) in [4.78, 5) is 28.7. The van der Waals surface area contributed by atoms with Crippen LogP contribution in [-0.4, -0.2) is 21.2 Å². The Kier molecular flexibility index (Phi) is 1.35. The summed E-state index contributed by atoms with van der Waals surface area (Å²) in [6.45, 7) is 0. The van der Waals surface area contributed by atoms with Crippen molar-refractivity contribution in [2.24, 2.45) is 0 Å². The van der Waals surface area contributed by atoms with Crippen LogP contribution in [0.15, 0.2) is 11.1 Å². The molecule has 5 heteroatoms. The molecule has 0 amide bonds. The molecule has 1 radical (unpaired) electrons.